The topological polar surface area (TPSA) is 59.9 Å². The second-order valence-electron chi connectivity index (χ2n) is 5.90. The van der Waals surface area contributed by atoms with Gasteiger partial charge in [0.15, 0.2) is 0 Å². The van der Waals surface area contributed by atoms with Crippen LogP contribution in [-0.2, 0) is 6.42 Å². The van der Waals surface area contributed by atoms with E-state index in [0.717, 1.165) is 12.0 Å². The van der Waals surface area contributed by atoms with Crippen molar-refractivity contribution < 1.29 is 4.74 Å². The predicted octanol–water partition coefficient (Wildman–Crippen LogP) is 6.58. The van der Waals surface area contributed by atoms with Gasteiger partial charge in [0, 0.05) is 12.7 Å². The highest BCUT2D eigenvalue weighted by Crippen LogP contribution is 2.30. The average molecular weight is 458 g/mol. The van der Waals surface area contributed by atoms with Gasteiger partial charge in [-0.05, 0) is 37.1 Å². The molecule has 0 spiro atoms. The number of alkyl halides is 1. The number of benzene rings is 1. The van der Waals surface area contributed by atoms with Gasteiger partial charge in [-0.3, -0.25) is 0 Å². The second kappa shape index (κ2) is 9.61. The third kappa shape index (κ3) is 5.39. The summed E-state index contributed by atoms with van der Waals surface area (Å²) in [4.78, 5) is 12.4. The van der Waals surface area contributed by atoms with Crippen molar-refractivity contribution in [2.75, 3.05) is 11.9 Å². The van der Waals surface area contributed by atoms with Crippen molar-refractivity contribution >= 4 is 52.2 Å². The summed E-state index contributed by atoms with van der Waals surface area (Å²) in [5.41, 5.74) is 1.72. The van der Waals surface area contributed by atoms with Crippen LogP contribution in [0.3, 0.4) is 0 Å². The fourth-order valence-corrected chi connectivity index (χ4v) is 3.39. The van der Waals surface area contributed by atoms with E-state index in [2.05, 4.69) is 20.3 Å². The zero-order chi connectivity index (χ0) is 20.1. The van der Waals surface area contributed by atoms with E-state index in [1.54, 1.807) is 6.07 Å². The Labute approximate surface area is 183 Å². The molecule has 2 heterocycles. The zero-order valence-electron chi connectivity index (χ0n) is 14.8. The monoisotopic (exact) mass is 456 g/mol. The molecule has 0 aliphatic carbocycles. The van der Waals surface area contributed by atoms with Crippen molar-refractivity contribution in [1.82, 2.24) is 15.0 Å². The maximum atomic E-state index is 6.29. The first-order chi connectivity index (χ1) is 13.4. The van der Waals surface area contributed by atoms with Gasteiger partial charge in [0.25, 0.3) is 0 Å². The van der Waals surface area contributed by atoms with Crippen molar-refractivity contribution in [2.45, 2.75) is 18.7 Å². The first-order valence-electron chi connectivity index (χ1n) is 8.40. The van der Waals surface area contributed by atoms with Gasteiger partial charge in [0.2, 0.25) is 5.88 Å². The van der Waals surface area contributed by atoms with E-state index in [9.17, 15) is 0 Å². The summed E-state index contributed by atoms with van der Waals surface area (Å²) in [6.07, 6.45) is 3.70. The molecular formula is C19H16Cl4N4O. The van der Waals surface area contributed by atoms with Gasteiger partial charge in [0.1, 0.15) is 27.9 Å². The van der Waals surface area contributed by atoms with Gasteiger partial charge >= 0.3 is 0 Å². The Bertz CT molecular complexity index is 951. The number of nitrogens with one attached hydrogen (secondary N) is 1. The predicted molar refractivity (Wildman–Crippen MR) is 114 cm³/mol. The van der Waals surface area contributed by atoms with E-state index in [1.165, 1.54) is 12.5 Å². The van der Waals surface area contributed by atoms with Gasteiger partial charge in [-0.15, -0.1) is 11.6 Å². The minimum absolute atomic E-state index is 0.285. The van der Waals surface area contributed by atoms with Crippen LogP contribution in [0.25, 0.3) is 0 Å². The molecule has 1 aromatic carbocycles. The number of rotatable bonds is 7. The Hall–Kier alpha value is -1.79. The van der Waals surface area contributed by atoms with E-state index >= 15 is 0 Å². The van der Waals surface area contributed by atoms with E-state index < -0.39 is 0 Å². The maximum absolute atomic E-state index is 6.29. The van der Waals surface area contributed by atoms with Crippen LogP contribution in [0, 0.1) is 0 Å². The smallest absolute Gasteiger partial charge is 0.238 e. The number of hydrogen-bond acceptors (Lipinski definition) is 5. The number of ether oxygens (including phenoxy) is 1. The Balaban J connectivity index is 1.57. The molecule has 1 atom stereocenters. The molecule has 28 heavy (non-hydrogen) atoms. The Morgan fingerprint density at radius 2 is 1.82 bits per heavy atom. The molecule has 0 saturated heterocycles. The largest absolute Gasteiger partial charge is 0.438 e. The molecule has 146 valence electrons. The van der Waals surface area contributed by atoms with Gasteiger partial charge < -0.3 is 10.1 Å². The van der Waals surface area contributed by atoms with Crippen molar-refractivity contribution in [3.8, 4) is 11.6 Å². The van der Waals surface area contributed by atoms with E-state index in [-0.39, 0.29) is 5.38 Å². The van der Waals surface area contributed by atoms with E-state index in [1.807, 2.05) is 31.2 Å². The molecule has 0 aliphatic heterocycles. The Morgan fingerprint density at radius 1 is 1.07 bits per heavy atom. The zero-order valence-corrected chi connectivity index (χ0v) is 17.8. The lowest BCUT2D eigenvalue weighted by Gasteiger charge is -2.11. The third-order valence-corrected chi connectivity index (χ3v) is 4.87. The number of hydrogen-bond donors (Lipinski definition) is 1. The van der Waals surface area contributed by atoms with Crippen molar-refractivity contribution in [1.29, 1.82) is 0 Å². The average Bonchev–Trinajstić information content (AvgIpc) is 2.66. The highest BCUT2D eigenvalue weighted by molar-refractivity contribution is 6.35. The molecule has 0 fully saturated rings. The highest BCUT2D eigenvalue weighted by Gasteiger charge is 2.13. The van der Waals surface area contributed by atoms with Crippen LogP contribution < -0.4 is 10.1 Å². The second-order valence-corrected chi connectivity index (χ2v) is 7.78. The summed E-state index contributed by atoms with van der Waals surface area (Å²) in [5.74, 6) is 1.51. The fourth-order valence-electron chi connectivity index (χ4n) is 2.42. The normalized spacial score (nSPS) is 11.9. The van der Waals surface area contributed by atoms with E-state index in [0.29, 0.717) is 44.8 Å². The summed E-state index contributed by atoms with van der Waals surface area (Å²) in [7, 11) is 0. The first kappa shape index (κ1) is 20.9. The quantitative estimate of drug-likeness (QED) is 0.406. The van der Waals surface area contributed by atoms with Gasteiger partial charge in [-0.2, -0.15) is 0 Å². The number of nitrogens with zero attached hydrogens (tertiary/aromatic N) is 3. The minimum atomic E-state index is -0.285. The molecule has 9 heteroatoms. The molecule has 0 radical (unpaired) electrons. The molecule has 0 aliphatic rings. The maximum Gasteiger partial charge on any atom is 0.238 e. The first-order valence-corrected chi connectivity index (χ1v) is 9.97. The lowest BCUT2D eigenvalue weighted by Crippen LogP contribution is -2.08. The lowest BCUT2D eigenvalue weighted by atomic mass is 10.1. The molecule has 3 rings (SSSR count). The molecule has 1 N–H and O–H groups in total. The number of halogens is 4. The summed E-state index contributed by atoms with van der Waals surface area (Å²) in [6, 6.07) is 9.23. The molecule has 2 aromatic heterocycles. The third-order valence-electron chi connectivity index (χ3n) is 3.81. The summed E-state index contributed by atoms with van der Waals surface area (Å²) in [6.45, 7) is 2.47. The fraction of sp³-hybridized carbons (Fsp3) is 0.211. The molecule has 1 unspecified atom stereocenters. The van der Waals surface area contributed by atoms with Crippen LogP contribution in [0.1, 0.15) is 23.6 Å². The van der Waals surface area contributed by atoms with Crippen molar-refractivity contribution in [3.05, 3.63) is 69.2 Å². The molecule has 5 nitrogen and oxygen atoms in total. The lowest BCUT2D eigenvalue weighted by molar-refractivity contribution is 0.463. The summed E-state index contributed by atoms with van der Waals surface area (Å²) < 4.78 is 5.68. The van der Waals surface area contributed by atoms with Gasteiger partial charge in [0.05, 0.1) is 16.1 Å². The van der Waals surface area contributed by atoms with Gasteiger partial charge in [-0.1, -0.05) is 46.9 Å². The number of anilines is 1. The van der Waals surface area contributed by atoms with Crippen LogP contribution in [0.15, 0.2) is 42.9 Å². The molecule has 0 saturated carbocycles. The minimum Gasteiger partial charge on any atom is -0.438 e. The standard InChI is InChI=1S/C19H16Cl4N4O/c1-11(20)17-16(23)18(27-10-26-17)24-7-6-12-2-4-14(5-3-12)28-19-15(22)8-13(21)9-25-19/h2-5,8-11H,6-7H2,1H3,(H,24,26,27). The van der Waals surface area contributed by atoms with Crippen LogP contribution in [0.4, 0.5) is 5.82 Å². The van der Waals surface area contributed by atoms with Gasteiger partial charge in [-0.25, -0.2) is 15.0 Å². The highest BCUT2D eigenvalue weighted by atomic mass is 35.5. The Morgan fingerprint density at radius 3 is 2.50 bits per heavy atom. The van der Waals surface area contributed by atoms with Crippen molar-refractivity contribution in [3.63, 3.8) is 0 Å². The molecule has 0 bridgehead atoms. The van der Waals surface area contributed by atoms with Crippen LogP contribution in [-0.4, -0.2) is 21.5 Å². The number of pyridine rings is 1. The molecule has 3 aromatic rings. The molecule has 0 amide bonds. The van der Waals surface area contributed by atoms with Crippen LogP contribution >= 0.6 is 46.4 Å². The number of aromatic nitrogens is 3. The van der Waals surface area contributed by atoms with Crippen molar-refractivity contribution in [2.24, 2.45) is 0 Å². The van der Waals surface area contributed by atoms with E-state index in [4.69, 9.17) is 51.1 Å². The SMILES string of the molecule is CC(Cl)c1ncnc(NCCc2ccc(Oc3ncc(Cl)cc3Cl)cc2)c1Cl. The summed E-state index contributed by atoms with van der Waals surface area (Å²) >= 11 is 24.3. The Kier molecular flexibility index (Phi) is 7.18. The summed E-state index contributed by atoms with van der Waals surface area (Å²) in [5, 5.41) is 4.18. The van der Waals surface area contributed by atoms with Crippen LogP contribution in [0.2, 0.25) is 15.1 Å². The molecular weight excluding hydrogens is 442 g/mol. The van der Waals surface area contributed by atoms with Crippen LogP contribution in [0.5, 0.6) is 11.6 Å².